The predicted molar refractivity (Wildman–Crippen MR) is 175 cm³/mol. The largest absolute Gasteiger partial charge is 0.480 e. The van der Waals surface area contributed by atoms with Crippen LogP contribution in [0.1, 0.15) is 25.7 Å². The monoisotopic (exact) mass is 762 g/mol. The Morgan fingerprint density at radius 3 is 1.31 bits per heavy atom. The van der Waals surface area contributed by atoms with Crippen molar-refractivity contribution < 1.29 is 68.2 Å². The summed E-state index contributed by atoms with van der Waals surface area (Å²) in [6.45, 7) is -1.69. The van der Waals surface area contributed by atoms with Gasteiger partial charge in [-0.1, -0.05) is 0 Å². The number of nitrogens with zero attached hydrogens (tertiary/aromatic N) is 1. The molecule has 5 atom stereocenters. The number of carboxylic acid groups (broad SMARTS) is 4. The number of thioether (sulfide) groups is 2. The SMILES string of the molecule is N[C@@H](CCC(=O)N[C@@H](CSCCN(CCSC[C@H](NC(=O)CC[C@H](N)C(=O)O)C(=O)NCC(=O)O)P(N)(=O)O)C(=O)NCC(=O)O)C(=O)O. The van der Waals surface area contributed by atoms with Gasteiger partial charge in [0.1, 0.15) is 37.3 Å². The highest BCUT2D eigenvalue weighted by atomic mass is 32.2. The van der Waals surface area contributed by atoms with Crippen LogP contribution in [0.15, 0.2) is 0 Å². The molecule has 0 aromatic rings. The van der Waals surface area contributed by atoms with Gasteiger partial charge < -0.3 is 58.1 Å². The number of nitrogens with two attached hydrogens (primary N) is 3. The number of aliphatic carboxylic acids is 4. The second-order valence-electron chi connectivity index (χ2n) is 10.1. The number of hydrogen-bond donors (Lipinski definition) is 12. The highest BCUT2D eigenvalue weighted by molar-refractivity contribution is 7.99. The van der Waals surface area contributed by atoms with Crippen LogP contribution >= 0.6 is 31.2 Å². The lowest BCUT2D eigenvalue weighted by Gasteiger charge is -2.25. The Bertz CT molecular complexity index is 1150. The molecule has 0 rings (SSSR count). The molecule has 0 aliphatic rings. The van der Waals surface area contributed by atoms with Crippen molar-refractivity contribution in [2.75, 3.05) is 49.2 Å². The summed E-state index contributed by atoms with van der Waals surface area (Å²) in [5, 5.41) is 44.4. The Labute approximate surface area is 288 Å². The zero-order valence-electron chi connectivity index (χ0n) is 26.1. The van der Waals surface area contributed by atoms with Crippen LogP contribution in [0.2, 0.25) is 0 Å². The van der Waals surface area contributed by atoms with Gasteiger partial charge in [-0.15, -0.1) is 0 Å². The first-order valence-electron chi connectivity index (χ1n) is 14.3. The van der Waals surface area contributed by atoms with Crippen molar-refractivity contribution in [3.63, 3.8) is 0 Å². The number of carbonyl (C=O) groups excluding carboxylic acids is 4. The normalized spacial score (nSPS) is 14.7. The Balaban J connectivity index is 5.20. The van der Waals surface area contributed by atoms with Crippen LogP contribution in [0.3, 0.4) is 0 Å². The molecular weight excluding hydrogens is 719 g/mol. The Hall–Kier alpha value is -3.51. The van der Waals surface area contributed by atoms with Gasteiger partial charge in [-0.25, -0.2) is 10.2 Å². The summed E-state index contributed by atoms with van der Waals surface area (Å²) in [5.74, 6) is -8.52. The standard InChI is InChI=1S/C24H43N8O14PS2/c25-13(23(41)42)1-3-17(33)30-15(21(39)28-9-19(35)36)11-48-7-5-32(47(27,45)46)6-8-49-12-16(22(40)29-10-20(37)38)31-18(34)4-2-14(26)24(43)44/h13-16H,1-12,25-26H2,(H,28,39)(H,29,40)(H,30,33)(H,31,34)(H,35,36)(H,37,38)(H,41,42)(H,43,44)(H3,27,45,46)/t13-,14-,15-,16-/m0/s1. The van der Waals surface area contributed by atoms with Gasteiger partial charge in [0, 0.05) is 48.9 Å². The average Bonchev–Trinajstić information content (AvgIpc) is 3.00. The number of hydrogen-bond acceptors (Lipinski definition) is 13. The van der Waals surface area contributed by atoms with Gasteiger partial charge in [0.25, 0.3) is 0 Å². The summed E-state index contributed by atoms with van der Waals surface area (Å²) in [4.78, 5) is 103. The highest BCUT2D eigenvalue weighted by Crippen LogP contribution is 2.35. The van der Waals surface area contributed by atoms with E-state index in [1.165, 1.54) is 0 Å². The van der Waals surface area contributed by atoms with E-state index >= 15 is 0 Å². The van der Waals surface area contributed by atoms with E-state index in [0.717, 1.165) is 28.2 Å². The molecule has 0 saturated carbocycles. The number of rotatable bonds is 27. The van der Waals surface area contributed by atoms with Gasteiger partial charge in [0.15, 0.2) is 0 Å². The molecule has 0 bridgehead atoms. The van der Waals surface area contributed by atoms with E-state index in [2.05, 4.69) is 21.3 Å². The van der Waals surface area contributed by atoms with Crippen LogP contribution in [-0.2, 0) is 42.9 Å². The van der Waals surface area contributed by atoms with Crippen molar-refractivity contribution in [3.8, 4) is 0 Å². The second-order valence-corrected chi connectivity index (χ2v) is 14.2. The maximum absolute atomic E-state index is 12.5. The smallest absolute Gasteiger partial charge is 0.338 e. The third-order valence-electron chi connectivity index (χ3n) is 6.09. The van der Waals surface area contributed by atoms with Crippen molar-refractivity contribution in [2.45, 2.75) is 49.9 Å². The Kier molecular flexibility index (Phi) is 22.1. The molecule has 0 aromatic carbocycles. The number of nitrogens with one attached hydrogen (secondary N) is 4. The summed E-state index contributed by atoms with van der Waals surface area (Å²) in [6.07, 6.45) is -1.13. The van der Waals surface area contributed by atoms with E-state index in [0.29, 0.717) is 0 Å². The Morgan fingerprint density at radius 2 is 1.02 bits per heavy atom. The van der Waals surface area contributed by atoms with Crippen LogP contribution in [0.25, 0.3) is 0 Å². The molecule has 1 unspecified atom stereocenters. The van der Waals surface area contributed by atoms with E-state index in [1.807, 2.05) is 0 Å². The molecule has 0 aliphatic carbocycles. The summed E-state index contributed by atoms with van der Waals surface area (Å²) < 4.78 is 13.3. The molecule has 49 heavy (non-hydrogen) atoms. The number of carbonyl (C=O) groups is 8. The molecule has 22 nitrogen and oxygen atoms in total. The molecule has 0 aromatic heterocycles. The molecule has 0 saturated heterocycles. The second kappa shape index (κ2) is 23.8. The maximum atomic E-state index is 12.5. The summed E-state index contributed by atoms with van der Waals surface area (Å²) >= 11 is 2.08. The zero-order chi connectivity index (χ0) is 37.7. The molecular formula is C24H43N8O14PS2. The van der Waals surface area contributed by atoms with Crippen molar-refractivity contribution in [1.29, 1.82) is 0 Å². The van der Waals surface area contributed by atoms with Crippen molar-refractivity contribution >= 4 is 78.7 Å². The van der Waals surface area contributed by atoms with Gasteiger partial charge in [-0.2, -0.15) is 23.5 Å². The number of amides is 4. The molecule has 25 heteroatoms. The summed E-state index contributed by atoms with van der Waals surface area (Å²) in [5.41, 5.74) is 16.2. The van der Waals surface area contributed by atoms with Crippen LogP contribution in [0.5, 0.6) is 0 Å². The molecule has 15 N–H and O–H groups in total. The summed E-state index contributed by atoms with van der Waals surface area (Å²) in [7, 11) is -4.33. The van der Waals surface area contributed by atoms with Crippen LogP contribution in [0.4, 0.5) is 0 Å². The molecule has 0 fully saturated rings. The van der Waals surface area contributed by atoms with Gasteiger partial charge in [0.05, 0.1) is 0 Å². The number of carboxylic acids is 4. The van der Waals surface area contributed by atoms with Crippen molar-refractivity contribution in [1.82, 2.24) is 25.9 Å². The van der Waals surface area contributed by atoms with E-state index in [9.17, 15) is 47.8 Å². The van der Waals surface area contributed by atoms with Crippen molar-refractivity contribution in [2.24, 2.45) is 17.0 Å². The molecule has 0 spiro atoms. The average molecular weight is 763 g/mol. The molecule has 280 valence electrons. The highest BCUT2D eigenvalue weighted by Gasteiger charge is 2.26. The first-order chi connectivity index (χ1) is 22.7. The van der Waals surface area contributed by atoms with E-state index in [1.54, 1.807) is 0 Å². The minimum absolute atomic E-state index is 0.0869. The van der Waals surface area contributed by atoms with E-state index in [4.69, 9.17) is 37.4 Å². The van der Waals surface area contributed by atoms with E-state index < -0.39 is 92.4 Å². The lowest BCUT2D eigenvalue weighted by Crippen LogP contribution is -2.49. The minimum Gasteiger partial charge on any atom is -0.480 e. The summed E-state index contributed by atoms with van der Waals surface area (Å²) in [6, 6.07) is -5.13. The lowest BCUT2D eigenvalue weighted by molar-refractivity contribution is -0.140. The van der Waals surface area contributed by atoms with Crippen LogP contribution in [-0.4, -0.2) is 151 Å². The third-order valence-corrected chi connectivity index (χ3v) is 9.38. The van der Waals surface area contributed by atoms with Crippen LogP contribution in [0, 0.1) is 0 Å². The van der Waals surface area contributed by atoms with Crippen molar-refractivity contribution in [3.05, 3.63) is 0 Å². The van der Waals surface area contributed by atoms with Gasteiger partial charge in [0.2, 0.25) is 23.6 Å². The third kappa shape index (κ3) is 22.0. The van der Waals surface area contributed by atoms with Crippen LogP contribution < -0.4 is 38.2 Å². The predicted octanol–water partition coefficient (Wildman–Crippen LogP) is -4.43. The topological polar surface area (TPSA) is 384 Å². The molecule has 4 amide bonds. The quantitative estimate of drug-likeness (QED) is 0.0277. The molecule has 0 aliphatic heterocycles. The van der Waals surface area contributed by atoms with Gasteiger partial charge in [-0.3, -0.25) is 42.9 Å². The van der Waals surface area contributed by atoms with E-state index in [-0.39, 0.29) is 61.8 Å². The fourth-order valence-electron chi connectivity index (χ4n) is 3.43. The maximum Gasteiger partial charge on any atom is 0.338 e. The zero-order valence-corrected chi connectivity index (χ0v) is 28.7. The first-order valence-corrected chi connectivity index (χ1v) is 18.3. The fraction of sp³-hybridized carbons (Fsp3) is 0.667. The fourth-order valence-corrected chi connectivity index (χ4v) is 6.45. The van der Waals surface area contributed by atoms with Gasteiger partial charge >= 0.3 is 31.5 Å². The first kappa shape index (κ1) is 45.5. The lowest BCUT2D eigenvalue weighted by atomic mass is 10.1. The molecule has 0 radical (unpaired) electrons. The molecule has 0 heterocycles. The minimum atomic E-state index is -4.33. The Morgan fingerprint density at radius 1 is 0.673 bits per heavy atom. The van der Waals surface area contributed by atoms with Gasteiger partial charge in [-0.05, 0) is 12.8 Å².